The van der Waals surface area contributed by atoms with Crippen LogP contribution in [0, 0.1) is 0 Å². The standard InChI is InChI=1S/C57H36N4O/c1-4-16-38(17-5-1)55-58-56(39-18-6-2-7-19-39)60-57(59-55)40-32-30-37(31-33-40)41-34-35-49-52(36-41)62-51-29-15-25-46(53(49)51)43-22-10-11-23-44(43)47-26-14-27-48-45-24-12-13-28-50(45)61(54(47)48)42-20-8-3-9-21-42/h1-36H. The molecule has 0 saturated carbocycles. The molecular formula is C57H36N4O. The van der Waals surface area contributed by atoms with Gasteiger partial charge in [-0.3, -0.25) is 0 Å². The highest BCUT2D eigenvalue weighted by Crippen LogP contribution is 2.45. The number of aromatic nitrogens is 4. The normalized spacial score (nSPS) is 11.5. The number of benzene rings is 9. The van der Waals surface area contributed by atoms with Gasteiger partial charge in [0.25, 0.3) is 0 Å². The van der Waals surface area contributed by atoms with E-state index in [1.807, 2.05) is 60.7 Å². The molecule has 290 valence electrons. The van der Waals surface area contributed by atoms with E-state index >= 15 is 0 Å². The van der Waals surface area contributed by atoms with Crippen LogP contribution >= 0.6 is 0 Å². The number of rotatable bonds is 7. The minimum Gasteiger partial charge on any atom is -0.456 e. The molecule has 62 heavy (non-hydrogen) atoms. The Morgan fingerprint density at radius 3 is 1.52 bits per heavy atom. The predicted molar refractivity (Wildman–Crippen MR) is 254 cm³/mol. The second-order valence-corrected chi connectivity index (χ2v) is 15.5. The van der Waals surface area contributed by atoms with Crippen molar-refractivity contribution < 1.29 is 4.42 Å². The summed E-state index contributed by atoms with van der Waals surface area (Å²) in [7, 11) is 0. The van der Waals surface area contributed by atoms with Crippen molar-refractivity contribution in [3.05, 3.63) is 218 Å². The monoisotopic (exact) mass is 792 g/mol. The lowest BCUT2D eigenvalue weighted by atomic mass is 9.91. The molecular weight excluding hydrogens is 757 g/mol. The van der Waals surface area contributed by atoms with Gasteiger partial charge in [0, 0.05) is 49.5 Å². The molecule has 12 rings (SSSR count). The fourth-order valence-corrected chi connectivity index (χ4v) is 9.01. The van der Waals surface area contributed by atoms with Crippen molar-refractivity contribution in [3.8, 4) is 73.2 Å². The largest absolute Gasteiger partial charge is 0.456 e. The minimum absolute atomic E-state index is 0.627. The van der Waals surface area contributed by atoms with E-state index < -0.39 is 0 Å². The molecule has 0 radical (unpaired) electrons. The van der Waals surface area contributed by atoms with Crippen molar-refractivity contribution in [3.63, 3.8) is 0 Å². The quantitative estimate of drug-likeness (QED) is 0.161. The van der Waals surface area contributed by atoms with Crippen LogP contribution in [0.25, 0.3) is 117 Å². The average molecular weight is 793 g/mol. The summed E-state index contributed by atoms with van der Waals surface area (Å²) < 4.78 is 9.09. The SMILES string of the molecule is c1ccc(-c2nc(-c3ccccc3)nc(-c3ccc(-c4ccc5c(c4)oc4cccc(-c6ccccc6-c6cccc7c8ccccc8n(-c8ccccc8)c67)c45)cc3)n2)cc1. The topological polar surface area (TPSA) is 56.7 Å². The number of para-hydroxylation sites is 3. The van der Waals surface area contributed by atoms with E-state index in [0.717, 1.165) is 66.6 Å². The lowest BCUT2D eigenvalue weighted by molar-refractivity contribution is 0.669. The Morgan fingerprint density at radius 2 is 0.823 bits per heavy atom. The van der Waals surface area contributed by atoms with Crippen LogP contribution in [0.1, 0.15) is 0 Å². The first-order valence-electron chi connectivity index (χ1n) is 20.9. The molecule has 0 aliphatic carbocycles. The molecule has 12 aromatic rings. The van der Waals surface area contributed by atoms with Crippen LogP contribution in [0.4, 0.5) is 0 Å². The minimum atomic E-state index is 0.627. The summed E-state index contributed by atoms with van der Waals surface area (Å²) in [6.07, 6.45) is 0. The summed E-state index contributed by atoms with van der Waals surface area (Å²) in [5.74, 6) is 1.91. The number of hydrogen-bond acceptors (Lipinski definition) is 4. The maximum absolute atomic E-state index is 6.68. The zero-order chi connectivity index (χ0) is 41.0. The zero-order valence-electron chi connectivity index (χ0n) is 33.5. The van der Waals surface area contributed by atoms with E-state index in [9.17, 15) is 0 Å². The van der Waals surface area contributed by atoms with Gasteiger partial charge in [-0.1, -0.05) is 182 Å². The van der Waals surface area contributed by atoms with Gasteiger partial charge in [-0.15, -0.1) is 0 Å². The van der Waals surface area contributed by atoms with Gasteiger partial charge in [-0.2, -0.15) is 0 Å². The van der Waals surface area contributed by atoms with Gasteiger partial charge in [0.2, 0.25) is 0 Å². The van der Waals surface area contributed by atoms with Crippen LogP contribution in [0.5, 0.6) is 0 Å². The zero-order valence-corrected chi connectivity index (χ0v) is 33.5. The van der Waals surface area contributed by atoms with E-state index in [-0.39, 0.29) is 0 Å². The van der Waals surface area contributed by atoms with Gasteiger partial charge in [0.1, 0.15) is 11.2 Å². The van der Waals surface area contributed by atoms with E-state index in [1.165, 1.54) is 32.9 Å². The third-order valence-corrected chi connectivity index (χ3v) is 11.9. The Labute approximate surface area is 357 Å². The van der Waals surface area contributed by atoms with Gasteiger partial charge in [0.15, 0.2) is 17.5 Å². The Kier molecular flexibility index (Phi) is 8.42. The second-order valence-electron chi connectivity index (χ2n) is 15.5. The predicted octanol–water partition coefficient (Wildman–Crippen LogP) is 14.9. The first-order valence-corrected chi connectivity index (χ1v) is 20.9. The van der Waals surface area contributed by atoms with Crippen molar-refractivity contribution in [2.24, 2.45) is 0 Å². The highest BCUT2D eigenvalue weighted by molar-refractivity contribution is 6.17. The summed E-state index contributed by atoms with van der Waals surface area (Å²) in [6.45, 7) is 0. The van der Waals surface area contributed by atoms with Crippen molar-refractivity contribution in [2.45, 2.75) is 0 Å². The van der Waals surface area contributed by atoms with Crippen LogP contribution in [0.15, 0.2) is 223 Å². The van der Waals surface area contributed by atoms with Crippen LogP contribution < -0.4 is 0 Å². The summed E-state index contributed by atoms with van der Waals surface area (Å²) in [6, 6.07) is 76.3. The lowest BCUT2D eigenvalue weighted by Crippen LogP contribution is -2.00. The summed E-state index contributed by atoms with van der Waals surface area (Å²) in [4.78, 5) is 14.7. The van der Waals surface area contributed by atoms with E-state index in [0.29, 0.717) is 17.5 Å². The maximum atomic E-state index is 6.68. The van der Waals surface area contributed by atoms with Crippen LogP contribution in [-0.2, 0) is 0 Å². The molecule has 5 heteroatoms. The molecule has 0 spiro atoms. The third kappa shape index (κ3) is 5.98. The lowest BCUT2D eigenvalue weighted by Gasteiger charge is -2.15. The van der Waals surface area contributed by atoms with E-state index in [1.54, 1.807) is 0 Å². The van der Waals surface area contributed by atoms with Gasteiger partial charge in [-0.25, -0.2) is 15.0 Å². The van der Waals surface area contributed by atoms with Crippen molar-refractivity contribution in [1.82, 2.24) is 19.5 Å². The summed E-state index contributed by atoms with van der Waals surface area (Å²) >= 11 is 0. The molecule has 0 bridgehead atoms. The van der Waals surface area contributed by atoms with Crippen LogP contribution in [0.2, 0.25) is 0 Å². The van der Waals surface area contributed by atoms with Crippen molar-refractivity contribution >= 4 is 43.7 Å². The van der Waals surface area contributed by atoms with Gasteiger partial charge < -0.3 is 8.98 Å². The third-order valence-electron chi connectivity index (χ3n) is 11.9. The molecule has 0 N–H and O–H groups in total. The highest BCUT2D eigenvalue weighted by Gasteiger charge is 2.21. The highest BCUT2D eigenvalue weighted by atomic mass is 16.3. The molecule has 0 aliphatic rings. The number of hydrogen-bond donors (Lipinski definition) is 0. The number of furan rings is 1. The smallest absolute Gasteiger partial charge is 0.164 e. The fraction of sp³-hybridized carbons (Fsp3) is 0. The molecule has 0 saturated heterocycles. The molecule has 5 nitrogen and oxygen atoms in total. The van der Waals surface area contributed by atoms with E-state index in [4.69, 9.17) is 19.4 Å². The van der Waals surface area contributed by atoms with Crippen LogP contribution in [0.3, 0.4) is 0 Å². The van der Waals surface area contributed by atoms with Gasteiger partial charge >= 0.3 is 0 Å². The molecule has 0 amide bonds. The van der Waals surface area contributed by atoms with Gasteiger partial charge in [-0.05, 0) is 64.2 Å². The second kappa shape index (κ2) is 14.7. The Morgan fingerprint density at radius 1 is 0.323 bits per heavy atom. The molecule has 3 aromatic heterocycles. The Balaban J connectivity index is 0.946. The summed E-state index contributed by atoms with van der Waals surface area (Å²) in [5, 5.41) is 4.64. The first-order chi connectivity index (χ1) is 30.7. The number of nitrogens with zero attached hydrogens (tertiary/aromatic N) is 4. The molecule has 0 fully saturated rings. The maximum Gasteiger partial charge on any atom is 0.164 e. The molecule has 9 aromatic carbocycles. The molecule has 0 unspecified atom stereocenters. The molecule has 0 atom stereocenters. The molecule has 3 heterocycles. The Hall–Kier alpha value is -8.41. The van der Waals surface area contributed by atoms with E-state index in [2.05, 4.69) is 162 Å². The fourth-order valence-electron chi connectivity index (χ4n) is 9.01. The van der Waals surface area contributed by atoms with Crippen LogP contribution in [-0.4, -0.2) is 19.5 Å². The first kappa shape index (κ1) is 35.5. The Bertz CT molecular complexity index is 3550. The summed E-state index contributed by atoms with van der Waals surface area (Å²) in [5.41, 5.74) is 14.8. The van der Waals surface area contributed by atoms with Crippen molar-refractivity contribution in [2.75, 3.05) is 0 Å². The number of fused-ring (bicyclic) bond motifs is 6. The van der Waals surface area contributed by atoms with Gasteiger partial charge in [0.05, 0.1) is 11.0 Å². The van der Waals surface area contributed by atoms with Crippen molar-refractivity contribution in [1.29, 1.82) is 0 Å². The molecule has 0 aliphatic heterocycles. The average Bonchev–Trinajstić information content (AvgIpc) is 3.90.